The largest absolute Gasteiger partial charge is 0.349 e. The number of hydrogen-bond donors (Lipinski definition) is 2. The fourth-order valence-electron chi connectivity index (χ4n) is 2.42. The van der Waals surface area contributed by atoms with Crippen LogP contribution in [0.2, 0.25) is 5.02 Å². The number of amides is 3. The molecule has 0 spiro atoms. The van der Waals surface area contributed by atoms with E-state index >= 15 is 0 Å². The number of nitrogens with one attached hydrogen (secondary N) is 2. The molecule has 3 amide bonds. The van der Waals surface area contributed by atoms with E-state index in [1.54, 1.807) is 30.1 Å². The van der Waals surface area contributed by atoms with Crippen LogP contribution < -0.4 is 10.6 Å². The lowest BCUT2D eigenvalue weighted by Gasteiger charge is -2.18. The number of carbonyl (C=O) groups excluding carboxylic acids is 2. The third kappa shape index (κ3) is 4.73. The summed E-state index contributed by atoms with van der Waals surface area (Å²) < 4.78 is 0. The highest BCUT2D eigenvalue weighted by molar-refractivity contribution is 6.34. The maximum absolute atomic E-state index is 12.4. The lowest BCUT2D eigenvalue weighted by molar-refractivity contribution is 0.0951. The lowest BCUT2D eigenvalue weighted by Crippen LogP contribution is -2.31. The van der Waals surface area contributed by atoms with Crippen LogP contribution in [0.15, 0.2) is 48.5 Å². The Kier molecular flexibility index (Phi) is 5.24. The number of hydrogen-bond acceptors (Lipinski definition) is 2. The molecule has 0 radical (unpaired) electrons. The zero-order valence-electron chi connectivity index (χ0n) is 14.0. The van der Waals surface area contributed by atoms with Crippen LogP contribution in [-0.2, 0) is 6.54 Å². The van der Waals surface area contributed by atoms with Crippen LogP contribution in [0.1, 0.15) is 28.8 Å². The Bertz CT molecular complexity index is 775. The van der Waals surface area contributed by atoms with Gasteiger partial charge in [-0.05, 0) is 36.6 Å². The highest BCUT2D eigenvalue weighted by atomic mass is 35.5. The summed E-state index contributed by atoms with van der Waals surface area (Å²) in [5, 5.41) is 6.07. The van der Waals surface area contributed by atoms with Gasteiger partial charge < -0.3 is 15.5 Å². The van der Waals surface area contributed by atoms with Crippen molar-refractivity contribution in [1.29, 1.82) is 0 Å². The van der Waals surface area contributed by atoms with E-state index in [0.29, 0.717) is 22.8 Å². The summed E-state index contributed by atoms with van der Waals surface area (Å²) in [4.78, 5) is 26.1. The summed E-state index contributed by atoms with van der Waals surface area (Å²) >= 11 is 6.12. The van der Waals surface area contributed by atoms with Crippen LogP contribution in [-0.4, -0.2) is 29.9 Å². The summed E-state index contributed by atoms with van der Waals surface area (Å²) in [5.74, 6) is -0.207. The van der Waals surface area contributed by atoms with Gasteiger partial charge in [-0.1, -0.05) is 41.9 Å². The molecule has 1 saturated carbocycles. The lowest BCUT2D eigenvalue weighted by atomic mass is 10.2. The van der Waals surface area contributed by atoms with Gasteiger partial charge >= 0.3 is 6.03 Å². The molecule has 0 aromatic heterocycles. The van der Waals surface area contributed by atoms with Crippen molar-refractivity contribution >= 4 is 29.2 Å². The summed E-state index contributed by atoms with van der Waals surface area (Å²) in [6.07, 6.45) is 2.01. The van der Waals surface area contributed by atoms with Crippen molar-refractivity contribution in [3.63, 3.8) is 0 Å². The quantitative estimate of drug-likeness (QED) is 0.852. The SMILES string of the molecule is CN(Cc1ccccc1)C(=O)Nc1ccc(Cl)c(C(=O)NC2CC2)c1. The van der Waals surface area contributed by atoms with Gasteiger partial charge in [0.05, 0.1) is 10.6 Å². The molecular formula is C19H20ClN3O2. The summed E-state index contributed by atoms with van der Waals surface area (Å²) in [6, 6.07) is 14.6. The molecule has 0 saturated heterocycles. The number of benzene rings is 2. The van der Waals surface area contributed by atoms with Gasteiger partial charge in [0.25, 0.3) is 5.91 Å². The molecule has 2 N–H and O–H groups in total. The summed E-state index contributed by atoms with van der Waals surface area (Å²) in [7, 11) is 1.72. The molecular weight excluding hydrogens is 338 g/mol. The highest BCUT2D eigenvalue weighted by Crippen LogP contribution is 2.24. The zero-order chi connectivity index (χ0) is 17.8. The molecule has 130 valence electrons. The average molecular weight is 358 g/mol. The fraction of sp³-hybridized carbons (Fsp3) is 0.263. The fourth-order valence-corrected chi connectivity index (χ4v) is 2.62. The van der Waals surface area contributed by atoms with Crippen molar-refractivity contribution in [2.24, 2.45) is 0 Å². The second-order valence-corrected chi connectivity index (χ2v) is 6.62. The van der Waals surface area contributed by atoms with Crippen LogP contribution in [0.3, 0.4) is 0 Å². The van der Waals surface area contributed by atoms with Crippen molar-refractivity contribution < 1.29 is 9.59 Å². The van der Waals surface area contributed by atoms with Crippen molar-refractivity contribution in [3.05, 3.63) is 64.7 Å². The molecule has 1 aliphatic rings. The maximum atomic E-state index is 12.4. The number of rotatable bonds is 5. The first-order valence-corrected chi connectivity index (χ1v) is 8.57. The van der Waals surface area contributed by atoms with Crippen molar-refractivity contribution in [2.75, 3.05) is 12.4 Å². The van der Waals surface area contributed by atoms with E-state index in [2.05, 4.69) is 10.6 Å². The first kappa shape index (κ1) is 17.3. The Balaban J connectivity index is 1.65. The van der Waals surface area contributed by atoms with Crippen molar-refractivity contribution in [2.45, 2.75) is 25.4 Å². The molecule has 1 aliphatic carbocycles. The Morgan fingerprint density at radius 2 is 1.88 bits per heavy atom. The minimum absolute atomic E-state index is 0.207. The predicted molar refractivity (Wildman–Crippen MR) is 98.9 cm³/mol. The van der Waals surface area contributed by atoms with Gasteiger partial charge in [-0.3, -0.25) is 4.79 Å². The summed E-state index contributed by atoms with van der Waals surface area (Å²) in [5.41, 5.74) is 1.95. The summed E-state index contributed by atoms with van der Waals surface area (Å²) in [6.45, 7) is 0.495. The van der Waals surface area contributed by atoms with Crippen LogP contribution >= 0.6 is 11.6 Å². The second kappa shape index (κ2) is 7.57. The predicted octanol–water partition coefficient (Wildman–Crippen LogP) is 3.90. The smallest absolute Gasteiger partial charge is 0.321 e. The first-order valence-electron chi connectivity index (χ1n) is 8.19. The number of carbonyl (C=O) groups is 2. The number of nitrogens with zero attached hydrogens (tertiary/aromatic N) is 1. The number of urea groups is 1. The van der Waals surface area contributed by atoms with E-state index in [-0.39, 0.29) is 18.0 Å². The number of halogens is 1. The third-order valence-electron chi connectivity index (χ3n) is 3.98. The molecule has 0 atom stereocenters. The standard InChI is InChI=1S/C19H20ClN3O2/c1-23(12-13-5-3-2-4-6-13)19(25)22-15-9-10-17(20)16(11-15)18(24)21-14-7-8-14/h2-6,9-11,14H,7-8,12H2,1H3,(H,21,24)(H,22,25). The normalized spacial score (nSPS) is 13.2. The van der Waals surface area contributed by atoms with Gasteiger partial charge in [0.2, 0.25) is 0 Å². The Labute approximate surface area is 152 Å². The van der Waals surface area contributed by atoms with E-state index < -0.39 is 0 Å². The van der Waals surface area contributed by atoms with Gasteiger partial charge in [0, 0.05) is 25.3 Å². The van der Waals surface area contributed by atoms with Gasteiger partial charge in [0.1, 0.15) is 0 Å². The van der Waals surface area contributed by atoms with Gasteiger partial charge in [-0.25, -0.2) is 4.79 Å². The average Bonchev–Trinajstić information content (AvgIpc) is 3.41. The van der Waals surface area contributed by atoms with Gasteiger partial charge in [-0.2, -0.15) is 0 Å². The molecule has 1 fully saturated rings. The van der Waals surface area contributed by atoms with Crippen molar-refractivity contribution in [3.8, 4) is 0 Å². The molecule has 0 bridgehead atoms. The van der Waals surface area contributed by atoms with Crippen LogP contribution in [0, 0.1) is 0 Å². The number of anilines is 1. The third-order valence-corrected chi connectivity index (χ3v) is 4.31. The molecule has 3 rings (SSSR count). The maximum Gasteiger partial charge on any atom is 0.321 e. The Morgan fingerprint density at radius 3 is 2.56 bits per heavy atom. The highest BCUT2D eigenvalue weighted by Gasteiger charge is 2.25. The minimum Gasteiger partial charge on any atom is -0.349 e. The molecule has 2 aromatic carbocycles. The molecule has 0 unspecified atom stereocenters. The monoisotopic (exact) mass is 357 g/mol. The van der Waals surface area contributed by atoms with E-state index in [1.165, 1.54) is 0 Å². The van der Waals surface area contributed by atoms with Crippen LogP contribution in [0.5, 0.6) is 0 Å². The Morgan fingerprint density at radius 1 is 1.16 bits per heavy atom. The molecule has 0 heterocycles. The van der Waals surface area contributed by atoms with Crippen LogP contribution in [0.25, 0.3) is 0 Å². The van der Waals surface area contributed by atoms with E-state index in [4.69, 9.17) is 11.6 Å². The van der Waals surface area contributed by atoms with Gasteiger partial charge in [0.15, 0.2) is 0 Å². The molecule has 0 aliphatic heterocycles. The Hall–Kier alpha value is -2.53. The zero-order valence-corrected chi connectivity index (χ0v) is 14.7. The van der Waals surface area contributed by atoms with Crippen LogP contribution in [0.4, 0.5) is 10.5 Å². The molecule has 25 heavy (non-hydrogen) atoms. The molecule has 6 heteroatoms. The second-order valence-electron chi connectivity index (χ2n) is 6.21. The van der Waals surface area contributed by atoms with E-state index in [1.807, 2.05) is 30.3 Å². The molecule has 2 aromatic rings. The minimum atomic E-state index is -0.250. The molecule has 5 nitrogen and oxygen atoms in total. The van der Waals surface area contributed by atoms with E-state index in [9.17, 15) is 9.59 Å². The van der Waals surface area contributed by atoms with Crippen molar-refractivity contribution in [1.82, 2.24) is 10.2 Å². The van der Waals surface area contributed by atoms with E-state index in [0.717, 1.165) is 18.4 Å². The first-order chi connectivity index (χ1) is 12.0. The van der Waals surface area contributed by atoms with Gasteiger partial charge in [-0.15, -0.1) is 0 Å². The topological polar surface area (TPSA) is 61.4 Å².